The number of thiocarbonyl (C=S) groups is 1. The predicted octanol–water partition coefficient (Wildman–Crippen LogP) is 5.24. The highest BCUT2D eigenvalue weighted by atomic mass is 32.1. The number of hydrazone groups is 1. The smallest absolute Gasteiger partial charge is 0.187 e. The summed E-state index contributed by atoms with van der Waals surface area (Å²) in [5, 5.41) is 19.0. The van der Waals surface area contributed by atoms with Gasteiger partial charge >= 0.3 is 0 Å². The van der Waals surface area contributed by atoms with Crippen molar-refractivity contribution in [3.63, 3.8) is 0 Å². The second-order valence-corrected chi connectivity index (χ2v) is 9.76. The van der Waals surface area contributed by atoms with Crippen LogP contribution in [0, 0.1) is 12.8 Å². The van der Waals surface area contributed by atoms with E-state index in [-0.39, 0.29) is 5.54 Å². The number of aliphatic hydroxyl groups is 1. The van der Waals surface area contributed by atoms with Crippen molar-refractivity contribution in [2.24, 2.45) is 11.0 Å². The van der Waals surface area contributed by atoms with Gasteiger partial charge in [0.15, 0.2) is 5.11 Å². The third kappa shape index (κ3) is 8.27. The number of hydrogen-bond acceptors (Lipinski definition) is 3. The largest absolute Gasteiger partial charge is 0.390 e. The van der Waals surface area contributed by atoms with Gasteiger partial charge in [-0.25, -0.2) is 0 Å². The second kappa shape index (κ2) is 10.4. The molecule has 1 aliphatic rings. The molecular formula is C24H37N3OS. The van der Waals surface area contributed by atoms with Crippen LogP contribution in [0.1, 0.15) is 77.3 Å². The van der Waals surface area contributed by atoms with Gasteiger partial charge in [-0.05, 0) is 96.8 Å². The molecule has 29 heavy (non-hydrogen) atoms. The van der Waals surface area contributed by atoms with E-state index in [4.69, 9.17) is 12.2 Å². The molecule has 1 aliphatic carbocycles. The van der Waals surface area contributed by atoms with E-state index >= 15 is 0 Å². The first-order valence-electron chi connectivity index (χ1n) is 10.6. The van der Waals surface area contributed by atoms with Crippen LogP contribution in [0.15, 0.2) is 41.0 Å². The lowest BCUT2D eigenvalue weighted by molar-refractivity contribution is -0.0159. The second-order valence-electron chi connectivity index (χ2n) is 9.35. The van der Waals surface area contributed by atoms with Gasteiger partial charge in [-0.15, -0.1) is 0 Å². The molecule has 0 amide bonds. The van der Waals surface area contributed by atoms with Crippen molar-refractivity contribution in [2.45, 2.75) is 84.3 Å². The Hall–Kier alpha value is -1.72. The van der Waals surface area contributed by atoms with Gasteiger partial charge in [0.25, 0.3) is 0 Å². The first-order valence-corrected chi connectivity index (χ1v) is 11.0. The highest BCUT2D eigenvalue weighted by Gasteiger charge is 2.32. The summed E-state index contributed by atoms with van der Waals surface area (Å²) in [4.78, 5) is 0. The topological polar surface area (TPSA) is 56.6 Å². The van der Waals surface area contributed by atoms with E-state index in [9.17, 15) is 5.11 Å². The molecular weight excluding hydrogens is 378 g/mol. The van der Waals surface area contributed by atoms with Crippen LogP contribution in [0.2, 0.25) is 0 Å². The molecule has 5 heteroatoms. The Morgan fingerprint density at radius 1 is 1.21 bits per heavy atom. The molecule has 0 radical (unpaired) electrons. The maximum atomic E-state index is 10.9. The molecule has 160 valence electrons. The Balaban J connectivity index is 1.74. The molecule has 0 spiro atoms. The molecule has 2 rings (SSSR count). The zero-order chi connectivity index (χ0) is 21.5. The summed E-state index contributed by atoms with van der Waals surface area (Å²) in [6.45, 7) is 10.5. The molecule has 1 aromatic rings. The molecule has 0 unspecified atom stereocenters. The highest BCUT2D eigenvalue weighted by Crippen LogP contribution is 2.35. The Morgan fingerprint density at radius 3 is 2.52 bits per heavy atom. The van der Waals surface area contributed by atoms with E-state index in [1.54, 1.807) is 6.21 Å². The van der Waals surface area contributed by atoms with Gasteiger partial charge in [-0.3, -0.25) is 5.43 Å². The van der Waals surface area contributed by atoms with Crippen LogP contribution >= 0.6 is 12.2 Å². The number of nitrogens with one attached hydrogen (secondary N) is 2. The third-order valence-corrected chi connectivity index (χ3v) is 6.10. The van der Waals surface area contributed by atoms with E-state index in [0.717, 1.165) is 44.1 Å². The number of allylic oxidation sites excluding steroid dienone is 2. The van der Waals surface area contributed by atoms with Crippen molar-refractivity contribution in [3.05, 3.63) is 47.0 Å². The number of benzene rings is 1. The Morgan fingerprint density at radius 2 is 1.90 bits per heavy atom. The van der Waals surface area contributed by atoms with Crippen molar-refractivity contribution >= 4 is 23.5 Å². The molecule has 0 saturated heterocycles. The minimum atomic E-state index is -0.607. The molecule has 2 atom stereocenters. The summed E-state index contributed by atoms with van der Waals surface area (Å²) >= 11 is 5.38. The Kier molecular flexibility index (Phi) is 8.41. The van der Waals surface area contributed by atoms with E-state index in [0.29, 0.717) is 11.0 Å². The summed E-state index contributed by atoms with van der Waals surface area (Å²) in [6.07, 6.45) is 9.92. The van der Waals surface area contributed by atoms with Crippen molar-refractivity contribution in [2.75, 3.05) is 0 Å². The molecule has 0 heterocycles. The summed E-state index contributed by atoms with van der Waals surface area (Å²) in [5.41, 5.74) is 5.83. The van der Waals surface area contributed by atoms with Crippen molar-refractivity contribution in [1.82, 2.24) is 10.7 Å². The van der Waals surface area contributed by atoms with Crippen LogP contribution in [0.5, 0.6) is 0 Å². The molecule has 0 fully saturated rings. The van der Waals surface area contributed by atoms with Crippen molar-refractivity contribution in [3.8, 4) is 0 Å². The fourth-order valence-electron chi connectivity index (χ4n) is 3.84. The molecule has 0 aromatic heterocycles. The van der Waals surface area contributed by atoms with Crippen LogP contribution in [-0.4, -0.2) is 27.6 Å². The summed E-state index contributed by atoms with van der Waals surface area (Å²) in [6, 6.07) is 8.16. The summed E-state index contributed by atoms with van der Waals surface area (Å²) < 4.78 is 0. The lowest BCUT2D eigenvalue weighted by atomic mass is 9.76. The molecule has 0 aliphatic heterocycles. The van der Waals surface area contributed by atoms with Gasteiger partial charge in [0.2, 0.25) is 0 Å². The lowest BCUT2D eigenvalue weighted by Crippen LogP contribution is -2.47. The van der Waals surface area contributed by atoms with Crippen molar-refractivity contribution in [1.29, 1.82) is 0 Å². The van der Waals surface area contributed by atoms with Gasteiger partial charge in [-0.1, -0.05) is 41.5 Å². The fourth-order valence-corrected chi connectivity index (χ4v) is 4.17. The first kappa shape index (κ1) is 23.6. The number of hydrogen-bond donors (Lipinski definition) is 3. The minimum absolute atomic E-state index is 0.164. The monoisotopic (exact) mass is 415 g/mol. The Labute approximate surface area is 181 Å². The average molecular weight is 416 g/mol. The first-order chi connectivity index (χ1) is 13.6. The standard InChI is InChI=1S/C24H37N3OS/c1-18-7-11-20(12-8-18)17-25-27-22(29)26-23(3,4)15-6-16-24(5,28)21-13-9-19(2)10-14-21/h7-9,11-12,17,21,28H,6,10,13-16H2,1-5H3,(H2,26,27,29)/b25-17-/t21-,24+/m1/s1. The van der Waals surface area contributed by atoms with Crippen LogP contribution in [0.25, 0.3) is 0 Å². The molecule has 0 bridgehead atoms. The minimum Gasteiger partial charge on any atom is -0.390 e. The molecule has 3 N–H and O–H groups in total. The quantitative estimate of drug-likeness (QED) is 0.235. The number of nitrogens with zero attached hydrogens (tertiary/aromatic N) is 1. The summed E-state index contributed by atoms with van der Waals surface area (Å²) in [7, 11) is 0. The third-order valence-electron chi connectivity index (χ3n) is 5.91. The zero-order valence-corrected chi connectivity index (χ0v) is 19.4. The van der Waals surface area contributed by atoms with Gasteiger partial charge in [-0.2, -0.15) is 5.10 Å². The van der Waals surface area contributed by atoms with Crippen LogP contribution < -0.4 is 10.7 Å². The van der Waals surface area contributed by atoms with E-state index in [1.807, 2.05) is 19.1 Å². The molecule has 0 saturated carbocycles. The average Bonchev–Trinajstić information content (AvgIpc) is 2.63. The van der Waals surface area contributed by atoms with Crippen molar-refractivity contribution < 1.29 is 5.11 Å². The van der Waals surface area contributed by atoms with Gasteiger partial charge < -0.3 is 10.4 Å². The fraction of sp³-hybridized carbons (Fsp3) is 0.583. The highest BCUT2D eigenvalue weighted by molar-refractivity contribution is 7.80. The van der Waals surface area contributed by atoms with Gasteiger partial charge in [0.1, 0.15) is 0 Å². The van der Waals surface area contributed by atoms with Gasteiger partial charge in [0.05, 0.1) is 11.8 Å². The molecule has 1 aromatic carbocycles. The Bertz CT molecular complexity index is 735. The van der Waals surface area contributed by atoms with Gasteiger partial charge in [0, 0.05) is 5.54 Å². The maximum Gasteiger partial charge on any atom is 0.187 e. The number of aryl methyl sites for hydroxylation is 1. The zero-order valence-electron chi connectivity index (χ0n) is 18.6. The lowest BCUT2D eigenvalue weighted by Gasteiger charge is -2.36. The number of rotatable bonds is 8. The van der Waals surface area contributed by atoms with Crippen LogP contribution in [-0.2, 0) is 0 Å². The maximum absolute atomic E-state index is 10.9. The van der Waals surface area contributed by atoms with E-state index in [1.165, 1.54) is 11.1 Å². The van der Waals surface area contributed by atoms with Crippen LogP contribution in [0.3, 0.4) is 0 Å². The van der Waals surface area contributed by atoms with Crippen LogP contribution in [0.4, 0.5) is 0 Å². The molecule has 4 nitrogen and oxygen atoms in total. The normalized spacial score (nSPS) is 19.5. The predicted molar refractivity (Wildman–Crippen MR) is 127 cm³/mol. The SMILES string of the molecule is CC1=CC[C@@H]([C@@](C)(O)CCCC(C)(C)NC(=S)N/N=C\c2ccc(C)cc2)CC1. The van der Waals surface area contributed by atoms with E-state index < -0.39 is 5.60 Å². The summed E-state index contributed by atoms with van der Waals surface area (Å²) in [5.74, 6) is 0.362. The van der Waals surface area contributed by atoms with E-state index in [2.05, 4.69) is 61.7 Å².